The van der Waals surface area contributed by atoms with Crippen LogP contribution in [0.25, 0.3) is 0 Å². The van der Waals surface area contributed by atoms with E-state index in [1.54, 1.807) is 0 Å². The van der Waals surface area contributed by atoms with Gasteiger partial charge < -0.3 is 14.6 Å². The quantitative estimate of drug-likeness (QED) is 0.855. The molecule has 1 saturated heterocycles. The van der Waals surface area contributed by atoms with Crippen molar-refractivity contribution in [2.24, 2.45) is 0 Å². The van der Waals surface area contributed by atoms with E-state index in [9.17, 15) is 5.11 Å². The van der Waals surface area contributed by atoms with Gasteiger partial charge >= 0.3 is 0 Å². The first-order chi connectivity index (χ1) is 8.08. The molecule has 1 aliphatic rings. The minimum absolute atomic E-state index is 0.247. The summed E-state index contributed by atoms with van der Waals surface area (Å²) in [6.07, 6.45) is -0.0262. The lowest BCUT2D eigenvalue weighted by Gasteiger charge is -2.29. The lowest BCUT2D eigenvalue weighted by molar-refractivity contribution is -0.0737. The fourth-order valence-corrected chi connectivity index (χ4v) is 2.10. The van der Waals surface area contributed by atoms with Gasteiger partial charge in [0.2, 0.25) is 0 Å². The number of rotatable bonds is 2. The molecule has 94 valence electrons. The van der Waals surface area contributed by atoms with Crippen LogP contribution >= 0.6 is 0 Å². The van der Waals surface area contributed by atoms with Crippen molar-refractivity contribution in [3.63, 3.8) is 0 Å². The summed E-state index contributed by atoms with van der Waals surface area (Å²) in [6, 6.07) is 4.15. The van der Waals surface area contributed by atoms with Crippen molar-refractivity contribution in [3.8, 4) is 5.75 Å². The van der Waals surface area contributed by atoms with Gasteiger partial charge in [0.05, 0.1) is 12.7 Å². The third kappa shape index (κ3) is 2.79. The molecular weight excluding hydrogens is 216 g/mol. The van der Waals surface area contributed by atoms with Crippen LogP contribution in [0, 0.1) is 20.8 Å². The standard InChI is InChI=1S/C14H20O3/c1-9-6-10(2)11(3)13(7-9)17-14-8-16-5-4-12(14)15/h6-7,12,14-15H,4-5,8H2,1-3H3. The van der Waals surface area contributed by atoms with Gasteiger partial charge in [0.25, 0.3) is 0 Å². The molecule has 0 amide bonds. The maximum Gasteiger partial charge on any atom is 0.148 e. The highest BCUT2D eigenvalue weighted by molar-refractivity contribution is 5.42. The minimum Gasteiger partial charge on any atom is -0.485 e. The second kappa shape index (κ2) is 5.07. The average molecular weight is 236 g/mol. The van der Waals surface area contributed by atoms with Crippen molar-refractivity contribution in [2.75, 3.05) is 13.2 Å². The van der Waals surface area contributed by atoms with Crippen LogP contribution in [0.15, 0.2) is 12.1 Å². The monoisotopic (exact) mass is 236 g/mol. The van der Waals surface area contributed by atoms with Crippen molar-refractivity contribution in [1.29, 1.82) is 0 Å². The zero-order valence-electron chi connectivity index (χ0n) is 10.7. The Morgan fingerprint density at radius 1 is 1.29 bits per heavy atom. The van der Waals surface area contributed by atoms with Gasteiger partial charge in [-0.3, -0.25) is 0 Å². The molecular formula is C14H20O3. The zero-order chi connectivity index (χ0) is 12.4. The summed E-state index contributed by atoms with van der Waals surface area (Å²) in [6.45, 7) is 7.25. The van der Waals surface area contributed by atoms with Crippen LogP contribution in [-0.2, 0) is 4.74 Å². The van der Waals surface area contributed by atoms with Crippen LogP contribution in [0.3, 0.4) is 0 Å². The molecule has 1 aromatic carbocycles. The van der Waals surface area contributed by atoms with Crippen molar-refractivity contribution in [2.45, 2.75) is 39.4 Å². The first-order valence-electron chi connectivity index (χ1n) is 6.08. The fourth-order valence-electron chi connectivity index (χ4n) is 2.10. The molecule has 0 bridgehead atoms. The highest BCUT2D eigenvalue weighted by Crippen LogP contribution is 2.26. The summed E-state index contributed by atoms with van der Waals surface area (Å²) < 4.78 is 11.2. The molecule has 0 saturated carbocycles. The lowest BCUT2D eigenvalue weighted by atomic mass is 10.0. The fraction of sp³-hybridized carbons (Fsp3) is 0.571. The molecule has 1 aromatic rings. The Bertz CT molecular complexity index is 401. The van der Waals surface area contributed by atoms with E-state index in [2.05, 4.69) is 13.0 Å². The number of hydrogen-bond acceptors (Lipinski definition) is 3. The molecule has 0 aliphatic carbocycles. The lowest BCUT2D eigenvalue weighted by Crippen LogP contribution is -2.41. The summed E-state index contributed by atoms with van der Waals surface area (Å²) in [5.74, 6) is 0.858. The Hall–Kier alpha value is -1.06. The van der Waals surface area contributed by atoms with Gasteiger partial charge in [-0.25, -0.2) is 0 Å². The van der Waals surface area contributed by atoms with Gasteiger partial charge in [0, 0.05) is 13.0 Å². The van der Waals surface area contributed by atoms with Crippen LogP contribution in [-0.4, -0.2) is 30.5 Å². The number of benzene rings is 1. The maximum atomic E-state index is 9.85. The topological polar surface area (TPSA) is 38.7 Å². The average Bonchev–Trinajstić information content (AvgIpc) is 2.28. The number of aliphatic hydroxyl groups is 1. The Labute approximate surface area is 102 Å². The Balaban J connectivity index is 2.17. The predicted molar refractivity (Wildman–Crippen MR) is 66.5 cm³/mol. The summed E-state index contributed by atoms with van der Waals surface area (Å²) in [5.41, 5.74) is 3.52. The molecule has 3 nitrogen and oxygen atoms in total. The zero-order valence-corrected chi connectivity index (χ0v) is 10.7. The molecule has 1 heterocycles. The maximum absolute atomic E-state index is 9.85. The van der Waals surface area contributed by atoms with E-state index in [4.69, 9.17) is 9.47 Å². The van der Waals surface area contributed by atoms with E-state index >= 15 is 0 Å². The van der Waals surface area contributed by atoms with Crippen LogP contribution in [0.2, 0.25) is 0 Å². The summed E-state index contributed by atoms with van der Waals surface area (Å²) >= 11 is 0. The number of hydrogen-bond donors (Lipinski definition) is 1. The van der Waals surface area contributed by atoms with Crippen LogP contribution < -0.4 is 4.74 Å². The molecule has 2 atom stereocenters. The second-order valence-electron chi connectivity index (χ2n) is 4.79. The van der Waals surface area contributed by atoms with E-state index in [0.717, 1.165) is 11.3 Å². The van der Waals surface area contributed by atoms with Crippen LogP contribution in [0.5, 0.6) is 5.75 Å². The van der Waals surface area contributed by atoms with Crippen molar-refractivity contribution >= 4 is 0 Å². The highest BCUT2D eigenvalue weighted by atomic mass is 16.5. The first kappa shape index (κ1) is 12.4. The molecule has 17 heavy (non-hydrogen) atoms. The van der Waals surface area contributed by atoms with Gasteiger partial charge in [-0.05, 0) is 43.5 Å². The predicted octanol–water partition coefficient (Wildman–Crippen LogP) is 2.14. The number of ether oxygens (including phenoxy) is 2. The van der Waals surface area contributed by atoms with Gasteiger partial charge in [-0.1, -0.05) is 6.07 Å². The largest absolute Gasteiger partial charge is 0.485 e. The Kier molecular flexibility index (Phi) is 3.69. The molecule has 0 aromatic heterocycles. The summed E-state index contributed by atoms with van der Waals surface area (Å²) in [5, 5.41) is 9.85. The van der Waals surface area contributed by atoms with Crippen LogP contribution in [0.1, 0.15) is 23.1 Å². The molecule has 1 fully saturated rings. The SMILES string of the molecule is Cc1cc(C)c(C)c(OC2COCCC2O)c1. The third-order valence-electron chi connectivity index (χ3n) is 3.31. The van der Waals surface area contributed by atoms with Crippen LogP contribution in [0.4, 0.5) is 0 Å². The molecule has 1 N–H and O–H groups in total. The van der Waals surface area contributed by atoms with Gasteiger partial charge in [0.15, 0.2) is 0 Å². The molecule has 1 aliphatic heterocycles. The van der Waals surface area contributed by atoms with E-state index in [1.807, 2.05) is 19.9 Å². The molecule has 3 heteroatoms. The third-order valence-corrected chi connectivity index (χ3v) is 3.31. The molecule has 2 rings (SSSR count). The van der Waals surface area contributed by atoms with Crippen molar-refractivity contribution in [1.82, 2.24) is 0 Å². The Morgan fingerprint density at radius 3 is 2.76 bits per heavy atom. The minimum atomic E-state index is -0.427. The molecule has 0 radical (unpaired) electrons. The van der Waals surface area contributed by atoms with Crippen molar-refractivity contribution in [3.05, 3.63) is 28.8 Å². The van der Waals surface area contributed by atoms with E-state index in [1.165, 1.54) is 11.1 Å². The van der Waals surface area contributed by atoms with Crippen molar-refractivity contribution < 1.29 is 14.6 Å². The smallest absolute Gasteiger partial charge is 0.148 e. The van der Waals surface area contributed by atoms with Gasteiger partial charge in [0.1, 0.15) is 11.9 Å². The summed E-state index contributed by atoms with van der Waals surface area (Å²) in [4.78, 5) is 0. The number of aliphatic hydroxyl groups excluding tert-OH is 1. The van der Waals surface area contributed by atoms with Gasteiger partial charge in [-0.2, -0.15) is 0 Å². The van der Waals surface area contributed by atoms with Gasteiger partial charge in [-0.15, -0.1) is 0 Å². The second-order valence-corrected chi connectivity index (χ2v) is 4.79. The Morgan fingerprint density at radius 2 is 2.06 bits per heavy atom. The van der Waals surface area contributed by atoms with E-state index < -0.39 is 6.10 Å². The first-order valence-corrected chi connectivity index (χ1v) is 6.08. The van der Waals surface area contributed by atoms with E-state index in [0.29, 0.717) is 19.6 Å². The number of aryl methyl sites for hydroxylation is 2. The summed E-state index contributed by atoms with van der Waals surface area (Å²) in [7, 11) is 0. The molecule has 0 spiro atoms. The molecule has 2 unspecified atom stereocenters. The highest BCUT2D eigenvalue weighted by Gasteiger charge is 2.26. The normalized spacial score (nSPS) is 24.7. The van der Waals surface area contributed by atoms with E-state index in [-0.39, 0.29) is 6.10 Å².